The van der Waals surface area contributed by atoms with E-state index in [1.807, 2.05) is 48.5 Å². The van der Waals surface area contributed by atoms with E-state index in [1.54, 1.807) is 4.90 Å². The molecule has 2 aromatic rings. The van der Waals surface area contributed by atoms with Crippen molar-refractivity contribution >= 4 is 23.2 Å². The van der Waals surface area contributed by atoms with Crippen LogP contribution in [-0.4, -0.2) is 58.9 Å². The predicted molar refractivity (Wildman–Crippen MR) is 117 cm³/mol. The molecule has 6 nitrogen and oxygen atoms in total. The first-order chi connectivity index (χ1) is 14.5. The fourth-order valence-corrected chi connectivity index (χ4v) is 4.91. The van der Waals surface area contributed by atoms with Crippen molar-refractivity contribution in [1.29, 1.82) is 0 Å². The maximum Gasteiger partial charge on any atom is 0.273 e. The SMILES string of the molecule is Cc1nc(C(=O)N2CCC[C@@H]3[C@H]2CC=CCc2ccccc2OCC(=O)N3C)cs1. The molecule has 1 saturated heterocycles. The minimum atomic E-state index is -0.0758. The molecule has 1 aromatic heterocycles. The predicted octanol–water partition coefficient (Wildman–Crippen LogP) is 3.46. The van der Waals surface area contributed by atoms with Crippen LogP contribution in [0.3, 0.4) is 0 Å². The van der Waals surface area contributed by atoms with Crippen LogP contribution in [0.15, 0.2) is 41.8 Å². The number of para-hydroxylation sites is 1. The van der Waals surface area contributed by atoms with Crippen molar-refractivity contribution in [2.75, 3.05) is 20.2 Å². The van der Waals surface area contributed by atoms with Crippen LogP contribution in [0.2, 0.25) is 0 Å². The van der Waals surface area contributed by atoms with Gasteiger partial charge in [-0.3, -0.25) is 9.59 Å². The Morgan fingerprint density at radius 2 is 2.07 bits per heavy atom. The zero-order valence-corrected chi connectivity index (χ0v) is 18.2. The number of aromatic nitrogens is 1. The van der Waals surface area contributed by atoms with Gasteiger partial charge in [0.2, 0.25) is 0 Å². The number of carbonyl (C=O) groups excluding carboxylic acids is 2. The largest absolute Gasteiger partial charge is 0.483 e. The van der Waals surface area contributed by atoms with Crippen LogP contribution in [0.25, 0.3) is 0 Å². The van der Waals surface area contributed by atoms with Gasteiger partial charge in [-0.25, -0.2) is 4.98 Å². The van der Waals surface area contributed by atoms with Gasteiger partial charge in [0.1, 0.15) is 11.4 Å². The average molecular weight is 426 g/mol. The Morgan fingerprint density at radius 1 is 1.23 bits per heavy atom. The quantitative estimate of drug-likeness (QED) is 0.657. The topological polar surface area (TPSA) is 62.7 Å². The number of amides is 2. The van der Waals surface area contributed by atoms with Crippen molar-refractivity contribution in [3.63, 3.8) is 0 Å². The third-order valence-electron chi connectivity index (χ3n) is 5.94. The van der Waals surface area contributed by atoms with Crippen LogP contribution in [0.1, 0.15) is 40.3 Å². The summed E-state index contributed by atoms with van der Waals surface area (Å²) in [5, 5.41) is 2.71. The number of rotatable bonds is 1. The first kappa shape index (κ1) is 20.6. The van der Waals surface area contributed by atoms with Crippen molar-refractivity contribution in [1.82, 2.24) is 14.8 Å². The van der Waals surface area contributed by atoms with Gasteiger partial charge in [-0.2, -0.15) is 0 Å². The summed E-state index contributed by atoms with van der Waals surface area (Å²) in [5.41, 5.74) is 1.55. The first-order valence-corrected chi connectivity index (χ1v) is 11.3. The molecule has 7 heteroatoms. The molecule has 0 aliphatic carbocycles. The van der Waals surface area contributed by atoms with Crippen molar-refractivity contribution in [2.45, 2.75) is 44.7 Å². The second-order valence-electron chi connectivity index (χ2n) is 7.84. The number of allylic oxidation sites excluding steroid dienone is 1. The van der Waals surface area contributed by atoms with Crippen LogP contribution in [-0.2, 0) is 11.2 Å². The average Bonchev–Trinajstić information content (AvgIpc) is 3.20. The lowest BCUT2D eigenvalue weighted by atomic mass is 9.91. The van der Waals surface area contributed by atoms with E-state index >= 15 is 0 Å². The summed E-state index contributed by atoms with van der Waals surface area (Å²) in [6, 6.07) is 7.70. The van der Waals surface area contributed by atoms with E-state index in [0.29, 0.717) is 18.7 Å². The summed E-state index contributed by atoms with van der Waals surface area (Å²) >= 11 is 1.49. The number of ether oxygens (including phenoxy) is 1. The number of likely N-dealkylation sites (tertiary alicyclic amines) is 1. The number of hydrogen-bond donors (Lipinski definition) is 0. The maximum atomic E-state index is 13.2. The summed E-state index contributed by atoms with van der Waals surface area (Å²) in [6.45, 7) is 2.59. The van der Waals surface area contributed by atoms with E-state index in [0.717, 1.165) is 35.6 Å². The van der Waals surface area contributed by atoms with Crippen molar-refractivity contribution < 1.29 is 14.3 Å². The van der Waals surface area contributed by atoms with Crippen LogP contribution in [0.4, 0.5) is 0 Å². The van der Waals surface area contributed by atoms with Gasteiger partial charge in [-0.15, -0.1) is 11.3 Å². The zero-order valence-electron chi connectivity index (χ0n) is 17.4. The number of thiazole rings is 1. The smallest absolute Gasteiger partial charge is 0.273 e. The van der Waals surface area contributed by atoms with Gasteiger partial charge in [0.05, 0.1) is 17.1 Å². The summed E-state index contributed by atoms with van der Waals surface area (Å²) in [5.74, 6) is 0.639. The fourth-order valence-electron chi connectivity index (χ4n) is 4.32. The molecule has 3 heterocycles. The van der Waals surface area contributed by atoms with Gasteiger partial charge in [-0.1, -0.05) is 30.4 Å². The Hall–Kier alpha value is -2.67. The van der Waals surface area contributed by atoms with Crippen molar-refractivity contribution in [3.05, 3.63) is 58.1 Å². The second-order valence-corrected chi connectivity index (χ2v) is 8.90. The van der Waals surface area contributed by atoms with Crippen molar-refractivity contribution in [2.24, 2.45) is 0 Å². The number of piperidine rings is 1. The van der Waals surface area contributed by atoms with Crippen LogP contribution < -0.4 is 4.74 Å². The molecule has 0 spiro atoms. The Labute approximate surface area is 181 Å². The number of aryl methyl sites for hydroxylation is 1. The molecule has 1 fully saturated rings. The van der Waals surface area contributed by atoms with Gasteiger partial charge in [-0.05, 0) is 44.2 Å². The van der Waals surface area contributed by atoms with Crippen LogP contribution >= 0.6 is 11.3 Å². The number of carbonyl (C=O) groups is 2. The van der Waals surface area contributed by atoms with E-state index in [1.165, 1.54) is 11.3 Å². The Balaban J connectivity index is 1.63. The summed E-state index contributed by atoms with van der Waals surface area (Å²) in [4.78, 5) is 34.2. The Morgan fingerprint density at radius 3 is 2.87 bits per heavy atom. The number of benzene rings is 1. The normalized spacial score (nSPS) is 22.4. The molecule has 158 valence electrons. The highest BCUT2D eigenvalue weighted by molar-refractivity contribution is 7.09. The number of likely N-dealkylation sites (N-methyl/N-ethyl adjacent to an activating group) is 1. The summed E-state index contributed by atoms with van der Waals surface area (Å²) < 4.78 is 5.85. The minimum Gasteiger partial charge on any atom is -0.483 e. The summed E-state index contributed by atoms with van der Waals surface area (Å²) in [6.07, 6.45) is 7.44. The molecule has 2 atom stereocenters. The van der Waals surface area contributed by atoms with E-state index in [9.17, 15) is 9.59 Å². The second kappa shape index (κ2) is 9.00. The molecule has 4 rings (SSSR count). The van der Waals surface area contributed by atoms with E-state index in [-0.39, 0.29) is 30.5 Å². The maximum absolute atomic E-state index is 13.2. The lowest BCUT2D eigenvalue weighted by Gasteiger charge is -2.44. The molecular formula is C23H27N3O3S. The van der Waals surface area contributed by atoms with Crippen LogP contribution in [0, 0.1) is 6.92 Å². The highest BCUT2D eigenvalue weighted by atomic mass is 32.1. The van der Waals surface area contributed by atoms with Gasteiger partial charge in [0.25, 0.3) is 11.8 Å². The molecule has 1 aromatic carbocycles. The van der Waals surface area contributed by atoms with E-state index < -0.39 is 0 Å². The molecule has 2 amide bonds. The molecule has 0 saturated carbocycles. The lowest BCUT2D eigenvalue weighted by molar-refractivity contribution is -0.136. The number of fused-ring (bicyclic) bond motifs is 2. The molecule has 0 radical (unpaired) electrons. The first-order valence-electron chi connectivity index (χ1n) is 10.4. The lowest BCUT2D eigenvalue weighted by Crippen LogP contribution is -2.57. The molecule has 0 N–H and O–H groups in total. The molecule has 0 bridgehead atoms. The van der Waals surface area contributed by atoms with E-state index in [4.69, 9.17) is 4.74 Å². The third-order valence-corrected chi connectivity index (χ3v) is 6.71. The van der Waals surface area contributed by atoms with Gasteiger partial charge >= 0.3 is 0 Å². The molecule has 2 aliphatic rings. The molecule has 30 heavy (non-hydrogen) atoms. The molecular weight excluding hydrogens is 398 g/mol. The highest BCUT2D eigenvalue weighted by Gasteiger charge is 2.38. The third kappa shape index (κ3) is 4.26. The Bertz CT molecular complexity index is 955. The standard InChI is InChI=1S/C23H27N3O3S/c1-16-24-18(15-30-16)23(28)26-13-7-11-19-20(26)10-5-3-8-17-9-4-6-12-21(17)29-14-22(27)25(19)2/h3-6,9,12,15,19-20H,7-8,10-11,13-14H2,1-2H3/t19-,20-/m1/s1. The Kier molecular flexibility index (Phi) is 6.18. The number of hydrogen-bond acceptors (Lipinski definition) is 5. The summed E-state index contributed by atoms with van der Waals surface area (Å²) in [7, 11) is 1.83. The van der Waals surface area contributed by atoms with Gasteiger partial charge < -0.3 is 14.5 Å². The molecule has 2 aliphatic heterocycles. The molecule has 0 unspecified atom stereocenters. The zero-order chi connectivity index (χ0) is 21.1. The van der Waals surface area contributed by atoms with Gasteiger partial charge in [0, 0.05) is 19.0 Å². The van der Waals surface area contributed by atoms with E-state index in [2.05, 4.69) is 17.1 Å². The monoisotopic (exact) mass is 425 g/mol. The van der Waals surface area contributed by atoms with Gasteiger partial charge in [0.15, 0.2) is 6.61 Å². The number of nitrogens with zero attached hydrogens (tertiary/aromatic N) is 3. The van der Waals surface area contributed by atoms with Crippen LogP contribution in [0.5, 0.6) is 5.75 Å². The fraction of sp³-hybridized carbons (Fsp3) is 0.435. The van der Waals surface area contributed by atoms with Crippen molar-refractivity contribution in [3.8, 4) is 5.75 Å². The minimum absolute atomic E-state index is 0.000323. The highest BCUT2D eigenvalue weighted by Crippen LogP contribution is 2.28.